The van der Waals surface area contributed by atoms with E-state index in [1.807, 2.05) is 0 Å². The van der Waals surface area contributed by atoms with Crippen LogP contribution in [0.4, 0.5) is 40.6 Å². The van der Waals surface area contributed by atoms with Crippen molar-refractivity contribution in [3.63, 3.8) is 0 Å². The molecule has 7 aromatic rings. The van der Waals surface area contributed by atoms with Gasteiger partial charge in [-0.2, -0.15) is 48.6 Å². The Hall–Kier alpha value is -7.50. The van der Waals surface area contributed by atoms with Crippen LogP contribution in [-0.2, 0) is 47.5 Å². The van der Waals surface area contributed by atoms with Crippen LogP contribution in [0.5, 0.6) is 0 Å². The van der Waals surface area contributed by atoms with E-state index in [4.69, 9.17) is 5.73 Å². The van der Waals surface area contributed by atoms with Crippen LogP contribution in [0, 0.1) is 0 Å². The highest BCUT2D eigenvalue weighted by atomic mass is 32.2. The molecule has 27 heteroatoms. The maximum absolute atomic E-state index is 14.6. The van der Waals surface area contributed by atoms with Crippen molar-refractivity contribution in [3.05, 3.63) is 130 Å². The monoisotopic (exact) mass is 976 g/mol. The zero-order valence-electron chi connectivity index (χ0n) is 33.0. The number of rotatable bonds is 12. The molecule has 0 bridgehead atoms. The topological polar surface area (TPSA) is 374 Å². The van der Waals surface area contributed by atoms with Gasteiger partial charge in [0.2, 0.25) is 17.8 Å². The summed E-state index contributed by atoms with van der Waals surface area (Å²) in [5.41, 5.74) is 2.12. The zero-order chi connectivity index (χ0) is 47.8. The molecule has 2 aromatic heterocycles. The Kier molecular flexibility index (Phi) is 10.8. The molecule has 66 heavy (non-hydrogen) atoms. The number of aryl methyl sites for hydroxylation is 1. The Bertz CT molecular complexity index is 3840. The molecule has 338 valence electrons. The second-order valence-electron chi connectivity index (χ2n) is 14.2. The molecule has 0 spiro atoms. The number of hydrogen-bond acceptors (Lipinski definition) is 18. The van der Waals surface area contributed by atoms with E-state index in [9.17, 15) is 66.3 Å². The predicted molar refractivity (Wildman–Crippen MR) is 234 cm³/mol. The minimum absolute atomic E-state index is 0.0299. The summed E-state index contributed by atoms with van der Waals surface area (Å²) in [5.74, 6) is -3.34. The number of nitrogens with one attached hydrogen (secondary N) is 3. The van der Waals surface area contributed by atoms with E-state index in [0.717, 1.165) is 28.8 Å². The number of nitrogen functional groups attached to an aromatic ring is 1. The van der Waals surface area contributed by atoms with Crippen molar-refractivity contribution in [1.82, 2.24) is 19.5 Å². The lowest BCUT2D eigenvalue weighted by molar-refractivity contribution is 0.102. The molecule has 0 aliphatic heterocycles. The standard InChI is InChI=1S/C39H28N8O15S4/c1-47-26-14-13-23(31-32(26)30(20-9-2-3-10-21(20)35(31)49)33(36(47)50)34(48)18-7-6-8-19(15-18)63(51,52)53)41-24-16-25(29(66(60,61)62)17-28(24)65(57,58)59)43-39-45-37(40)44-38(46-39)42-22-11-4-5-12-27(22)64(54,55)56/h2-17,41H,1H3,(H,51,52,53)(H,54,55,56)(H,57,58,59)(H,60,61,62)(H4,40,42,43,44,45,46). The van der Waals surface area contributed by atoms with E-state index in [-0.39, 0.29) is 50.1 Å². The van der Waals surface area contributed by atoms with Gasteiger partial charge in [0.1, 0.15) is 14.7 Å². The van der Waals surface area contributed by atoms with Crippen LogP contribution in [0.3, 0.4) is 0 Å². The van der Waals surface area contributed by atoms with Crippen LogP contribution in [0.2, 0.25) is 0 Å². The van der Waals surface area contributed by atoms with Gasteiger partial charge in [0.15, 0.2) is 11.6 Å². The maximum atomic E-state index is 14.6. The minimum Gasteiger partial charge on any atom is -0.368 e. The highest BCUT2D eigenvalue weighted by molar-refractivity contribution is 7.87. The molecular formula is C39H28N8O15S4. The zero-order valence-corrected chi connectivity index (χ0v) is 36.3. The number of ketones is 2. The lowest BCUT2D eigenvalue weighted by Gasteiger charge is -2.26. The Labute approximate surface area is 372 Å². The average Bonchev–Trinajstić information content (AvgIpc) is 3.22. The van der Waals surface area contributed by atoms with Gasteiger partial charge in [0.05, 0.1) is 44.3 Å². The number of nitrogens with zero attached hydrogens (tertiary/aromatic N) is 4. The van der Waals surface area contributed by atoms with Gasteiger partial charge >= 0.3 is 0 Å². The predicted octanol–water partition coefficient (Wildman–Crippen LogP) is 3.97. The summed E-state index contributed by atoms with van der Waals surface area (Å²) < 4.78 is 140. The number of carbonyl (C=O) groups excluding carboxylic acids is 2. The quantitative estimate of drug-likeness (QED) is 0.0634. The molecule has 0 atom stereocenters. The number of carbonyl (C=O) groups is 2. The van der Waals surface area contributed by atoms with Gasteiger partial charge in [-0.3, -0.25) is 32.6 Å². The molecule has 23 nitrogen and oxygen atoms in total. The van der Waals surface area contributed by atoms with Crippen LogP contribution >= 0.6 is 0 Å². The molecule has 0 radical (unpaired) electrons. The lowest BCUT2D eigenvalue weighted by Crippen LogP contribution is -2.29. The van der Waals surface area contributed by atoms with Crippen molar-refractivity contribution in [2.75, 3.05) is 21.7 Å². The summed E-state index contributed by atoms with van der Waals surface area (Å²) in [5, 5.41) is 7.67. The van der Waals surface area contributed by atoms with Crippen molar-refractivity contribution >= 4 is 104 Å². The summed E-state index contributed by atoms with van der Waals surface area (Å²) in [6.45, 7) is 0. The first-order valence-corrected chi connectivity index (χ1v) is 24.1. The van der Waals surface area contributed by atoms with E-state index in [1.54, 1.807) is 0 Å². The van der Waals surface area contributed by atoms with E-state index >= 15 is 0 Å². The Morgan fingerprint density at radius 2 is 1.15 bits per heavy atom. The number of hydrogen-bond donors (Lipinski definition) is 8. The van der Waals surface area contributed by atoms with Gasteiger partial charge in [0.25, 0.3) is 46.0 Å². The van der Waals surface area contributed by atoms with E-state index in [2.05, 4.69) is 30.9 Å². The first-order chi connectivity index (χ1) is 30.8. The normalized spacial score (nSPS) is 12.7. The number of aromatic nitrogens is 4. The number of benzene rings is 5. The summed E-state index contributed by atoms with van der Waals surface area (Å²) in [7, 11) is -19.1. The number of pyridine rings is 1. The average molecular weight is 977 g/mol. The van der Waals surface area contributed by atoms with Crippen LogP contribution in [0.1, 0.15) is 31.8 Å². The lowest BCUT2D eigenvalue weighted by atomic mass is 9.80. The van der Waals surface area contributed by atoms with Crippen molar-refractivity contribution in [2.45, 2.75) is 19.6 Å². The number of anilines is 7. The molecular weight excluding hydrogens is 949 g/mol. The van der Waals surface area contributed by atoms with Gasteiger partial charge < -0.3 is 26.3 Å². The largest absolute Gasteiger partial charge is 0.368 e. The third-order valence-corrected chi connectivity index (χ3v) is 13.6. The second kappa shape index (κ2) is 15.9. The van der Waals surface area contributed by atoms with E-state index in [0.29, 0.717) is 6.07 Å². The molecule has 5 aromatic carbocycles. The number of para-hydroxylation sites is 1. The van der Waals surface area contributed by atoms with Crippen molar-refractivity contribution in [3.8, 4) is 11.1 Å². The summed E-state index contributed by atoms with van der Waals surface area (Å²) in [6.07, 6.45) is 0. The molecule has 0 saturated heterocycles. The second-order valence-corrected chi connectivity index (χ2v) is 19.8. The van der Waals surface area contributed by atoms with Gasteiger partial charge in [-0.1, -0.05) is 48.5 Å². The molecule has 1 aliphatic rings. The summed E-state index contributed by atoms with van der Waals surface area (Å²) in [6, 6.07) is 18.8. The third-order valence-electron chi connectivity index (χ3n) is 10.1. The fourth-order valence-corrected chi connectivity index (χ4v) is 9.86. The van der Waals surface area contributed by atoms with Crippen LogP contribution in [0.25, 0.3) is 22.0 Å². The molecule has 0 unspecified atom stereocenters. The molecule has 0 fully saturated rings. The number of nitrogens with two attached hydrogens (primary N) is 1. The Balaban J connectivity index is 1.32. The van der Waals surface area contributed by atoms with Crippen molar-refractivity contribution in [2.24, 2.45) is 7.05 Å². The Morgan fingerprint density at radius 3 is 1.77 bits per heavy atom. The van der Waals surface area contributed by atoms with E-state index in [1.165, 1.54) is 73.8 Å². The fraction of sp³-hybridized carbons (Fsp3) is 0.0256. The maximum Gasteiger partial charge on any atom is 0.296 e. The van der Waals surface area contributed by atoms with Gasteiger partial charge in [-0.25, -0.2) is 0 Å². The smallest absolute Gasteiger partial charge is 0.296 e. The fourth-order valence-electron chi connectivity index (χ4n) is 7.30. The summed E-state index contributed by atoms with van der Waals surface area (Å²) >= 11 is 0. The third kappa shape index (κ3) is 8.22. The van der Waals surface area contributed by atoms with Crippen molar-refractivity contribution < 1.29 is 61.5 Å². The molecule has 2 heterocycles. The molecule has 0 amide bonds. The number of fused-ring (bicyclic) bond motifs is 2. The SMILES string of the molecule is Cn1c(=O)c(C(=O)c2cccc(S(=O)(=O)O)c2)c2c3c(c(Nc4cc(Nc5nc(N)nc(Nc6ccccc6S(=O)(=O)O)n5)c(S(=O)(=O)O)cc4S(=O)(=O)O)ccc31)C(=O)c1ccccc1-2. The first-order valence-electron chi connectivity index (χ1n) is 18.3. The first kappa shape index (κ1) is 45.1. The minimum atomic E-state index is -5.43. The van der Waals surface area contributed by atoms with Crippen molar-refractivity contribution in [1.29, 1.82) is 0 Å². The van der Waals surface area contributed by atoms with Gasteiger partial charge in [0, 0.05) is 29.1 Å². The molecule has 9 N–H and O–H groups in total. The summed E-state index contributed by atoms with van der Waals surface area (Å²) in [4.78, 5) is 51.2. The van der Waals surface area contributed by atoms with E-state index < -0.39 is 112 Å². The molecule has 0 saturated carbocycles. The molecule has 8 rings (SSSR count). The Morgan fingerprint density at radius 1 is 0.576 bits per heavy atom. The van der Waals surface area contributed by atoms with Crippen LogP contribution in [0.15, 0.2) is 121 Å². The molecule has 1 aliphatic carbocycles. The highest BCUT2D eigenvalue weighted by Crippen LogP contribution is 2.45. The van der Waals surface area contributed by atoms with Crippen LogP contribution in [-0.4, -0.2) is 83.0 Å². The van der Waals surface area contributed by atoms with Gasteiger partial charge in [-0.05, 0) is 54.1 Å². The highest BCUT2D eigenvalue weighted by Gasteiger charge is 2.35. The van der Waals surface area contributed by atoms with Crippen LogP contribution < -0.4 is 27.2 Å². The van der Waals surface area contributed by atoms with Gasteiger partial charge in [-0.15, -0.1) is 0 Å².